The van der Waals surface area contributed by atoms with Crippen molar-refractivity contribution in [3.8, 4) is 0 Å². The van der Waals surface area contributed by atoms with E-state index < -0.39 is 0 Å². The third-order valence-corrected chi connectivity index (χ3v) is 6.15. The molecular formula is C23H19BrN2OS. The van der Waals surface area contributed by atoms with Crippen LogP contribution in [-0.2, 0) is 12.3 Å². The van der Waals surface area contributed by atoms with E-state index in [1.54, 1.807) is 16.3 Å². The molecule has 0 bridgehead atoms. The summed E-state index contributed by atoms with van der Waals surface area (Å²) in [5.41, 5.74) is 4.24. The van der Waals surface area contributed by atoms with Crippen molar-refractivity contribution in [2.45, 2.75) is 24.4 Å². The van der Waals surface area contributed by atoms with E-state index in [0.29, 0.717) is 11.9 Å². The SMILES string of the molecule is Cc1ccc(Cn2c(SCc3ccc(Br)cc3)nc3ccccc3c2=O)cc1. The van der Waals surface area contributed by atoms with Gasteiger partial charge in [-0.3, -0.25) is 9.36 Å². The summed E-state index contributed by atoms with van der Waals surface area (Å²) in [7, 11) is 0. The first kappa shape index (κ1) is 19.0. The van der Waals surface area contributed by atoms with Gasteiger partial charge in [-0.15, -0.1) is 0 Å². The van der Waals surface area contributed by atoms with Crippen molar-refractivity contribution in [1.29, 1.82) is 0 Å². The fourth-order valence-corrected chi connectivity index (χ4v) is 4.22. The first-order chi connectivity index (χ1) is 13.6. The number of nitrogens with zero attached hydrogens (tertiary/aromatic N) is 2. The van der Waals surface area contributed by atoms with E-state index >= 15 is 0 Å². The number of benzene rings is 3. The van der Waals surface area contributed by atoms with Gasteiger partial charge in [-0.25, -0.2) is 4.98 Å². The number of hydrogen-bond donors (Lipinski definition) is 0. The Morgan fingerprint density at radius 2 is 1.61 bits per heavy atom. The summed E-state index contributed by atoms with van der Waals surface area (Å²) in [6.07, 6.45) is 0. The molecule has 140 valence electrons. The highest BCUT2D eigenvalue weighted by molar-refractivity contribution is 9.10. The summed E-state index contributed by atoms with van der Waals surface area (Å²) in [6, 6.07) is 24.1. The predicted molar refractivity (Wildman–Crippen MR) is 120 cm³/mol. The summed E-state index contributed by atoms with van der Waals surface area (Å²) < 4.78 is 2.85. The van der Waals surface area contributed by atoms with Crippen molar-refractivity contribution in [2.24, 2.45) is 0 Å². The largest absolute Gasteiger partial charge is 0.283 e. The van der Waals surface area contributed by atoms with Gasteiger partial charge < -0.3 is 0 Å². The second-order valence-corrected chi connectivity index (χ2v) is 8.56. The molecule has 28 heavy (non-hydrogen) atoms. The van der Waals surface area contributed by atoms with E-state index in [1.807, 2.05) is 36.4 Å². The maximum atomic E-state index is 13.2. The van der Waals surface area contributed by atoms with Crippen molar-refractivity contribution in [1.82, 2.24) is 9.55 Å². The monoisotopic (exact) mass is 450 g/mol. The fraction of sp³-hybridized carbons (Fsp3) is 0.130. The number of aryl methyl sites for hydroxylation is 1. The van der Waals surface area contributed by atoms with Crippen LogP contribution in [0.5, 0.6) is 0 Å². The smallest absolute Gasteiger partial charge is 0.262 e. The van der Waals surface area contributed by atoms with Crippen molar-refractivity contribution < 1.29 is 0 Å². The van der Waals surface area contributed by atoms with Gasteiger partial charge in [0.15, 0.2) is 5.16 Å². The average Bonchev–Trinajstić information content (AvgIpc) is 2.71. The molecule has 0 unspecified atom stereocenters. The zero-order chi connectivity index (χ0) is 19.5. The number of para-hydroxylation sites is 1. The minimum Gasteiger partial charge on any atom is -0.283 e. The maximum absolute atomic E-state index is 13.2. The molecule has 5 heteroatoms. The highest BCUT2D eigenvalue weighted by atomic mass is 79.9. The van der Waals surface area contributed by atoms with Crippen LogP contribution in [-0.4, -0.2) is 9.55 Å². The lowest BCUT2D eigenvalue weighted by Crippen LogP contribution is -2.24. The Morgan fingerprint density at radius 1 is 0.929 bits per heavy atom. The molecule has 4 rings (SSSR count). The summed E-state index contributed by atoms with van der Waals surface area (Å²) in [5.74, 6) is 0.756. The van der Waals surface area contributed by atoms with Crippen LogP contribution in [0, 0.1) is 6.92 Å². The Bertz CT molecular complexity index is 1170. The van der Waals surface area contributed by atoms with Gasteiger partial charge in [-0.1, -0.05) is 81.8 Å². The van der Waals surface area contributed by atoms with Crippen molar-refractivity contribution in [2.75, 3.05) is 0 Å². The summed E-state index contributed by atoms with van der Waals surface area (Å²) in [5, 5.41) is 1.40. The van der Waals surface area contributed by atoms with Crippen molar-refractivity contribution >= 4 is 38.6 Å². The van der Waals surface area contributed by atoms with E-state index in [9.17, 15) is 4.79 Å². The maximum Gasteiger partial charge on any atom is 0.262 e. The lowest BCUT2D eigenvalue weighted by Gasteiger charge is -2.13. The summed E-state index contributed by atoms with van der Waals surface area (Å²) in [4.78, 5) is 18.0. The normalized spacial score (nSPS) is 11.1. The van der Waals surface area contributed by atoms with Crippen LogP contribution in [0.25, 0.3) is 10.9 Å². The topological polar surface area (TPSA) is 34.9 Å². The molecule has 0 aliphatic carbocycles. The highest BCUT2D eigenvalue weighted by Crippen LogP contribution is 2.24. The molecule has 0 fully saturated rings. The minimum absolute atomic E-state index is 0.00415. The van der Waals surface area contributed by atoms with Crippen LogP contribution in [0.1, 0.15) is 16.7 Å². The Morgan fingerprint density at radius 3 is 2.36 bits per heavy atom. The molecule has 3 nitrogen and oxygen atoms in total. The van der Waals surface area contributed by atoms with E-state index in [1.165, 1.54) is 11.1 Å². The number of rotatable bonds is 5. The Hall–Kier alpha value is -2.37. The lowest BCUT2D eigenvalue weighted by molar-refractivity contribution is 0.658. The van der Waals surface area contributed by atoms with Gasteiger partial charge in [-0.05, 0) is 42.3 Å². The molecule has 0 saturated heterocycles. The van der Waals surface area contributed by atoms with E-state index in [0.717, 1.165) is 26.5 Å². The number of hydrogen-bond acceptors (Lipinski definition) is 3. The number of thioether (sulfide) groups is 1. The Kier molecular flexibility index (Phi) is 5.64. The van der Waals surface area contributed by atoms with Crippen LogP contribution < -0.4 is 5.56 Å². The van der Waals surface area contributed by atoms with E-state index in [-0.39, 0.29) is 5.56 Å². The standard InChI is InChI=1S/C23H19BrN2OS/c1-16-6-8-17(9-7-16)14-26-22(27)20-4-2-3-5-21(20)25-23(26)28-15-18-10-12-19(24)13-11-18/h2-13H,14-15H2,1H3. The van der Waals surface area contributed by atoms with E-state index in [2.05, 4.69) is 59.3 Å². The second-order valence-electron chi connectivity index (χ2n) is 6.70. The molecule has 1 aromatic heterocycles. The van der Waals surface area contributed by atoms with Crippen molar-refractivity contribution in [3.05, 3.63) is 104 Å². The third kappa shape index (κ3) is 4.21. The average molecular weight is 451 g/mol. The number of halogens is 1. The molecule has 0 aliphatic heterocycles. The molecule has 0 N–H and O–H groups in total. The zero-order valence-corrected chi connectivity index (χ0v) is 17.8. The molecule has 3 aromatic carbocycles. The molecule has 0 aliphatic rings. The van der Waals surface area contributed by atoms with Gasteiger partial charge in [0.25, 0.3) is 5.56 Å². The number of aromatic nitrogens is 2. The van der Waals surface area contributed by atoms with Crippen LogP contribution in [0.2, 0.25) is 0 Å². The Balaban J connectivity index is 1.73. The molecule has 0 radical (unpaired) electrons. The van der Waals surface area contributed by atoms with Crippen LogP contribution in [0.15, 0.2) is 87.2 Å². The Labute approximate surface area is 176 Å². The van der Waals surface area contributed by atoms with Gasteiger partial charge in [0.1, 0.15) is 0 Å². The van der Waals surface area contributed by atoms with Crippen LogP contribution in [0.3, 0.4) is 0 Å². The first-order valence-corrected chi connectivity index (χ1v) is 10.8. The zero-order valence-electron chi connectivity index (χ0n) is 15.4. The molecule has 0 atom stereocenters. The first-order valence-electron chi connectivity index (χ1n) is 9.02. The number of fused-ring (bicyclic) bond motifs is 1. The molecule has 4 aromatic rings. The molecule has 0 amide bonds. The summed E-state index contributed by atoms with van der Waals surface area (Å²) >= 11 is 5.06. The molecular weight excluding hydrogens is 432 g/mol. The molecule has 0 saturated carbocycles. The molecule has 1 heterocycles. The predicted octanol–water partition coefficient (Wildman–Crippen LogP) is 5.81. The van der Waals surface area contributed by atoms with Crippen LogP contribution >= 0.6 is 27.7 Å². The van der Waals surface area contributed by atoms with E-state index in [4.69, 9.17) is 4.98 Å². The van der Waals surface area contributed by atoms with Crippen molar-refractivity contribution in [3.63, 3.8) is 0 Å². The van der Waals surface area contributed by atoms with Gasteiger partial charge >= 0.3 is 0 Å². The highest BCUT2D eigenvalue weighted by Gasteiger charge is 2.12. The van der Waals surface area contributed by atoms with Gasteiger partial charge in [0.05, 0.1) is 17.4 Å². The minimum atomic E-state index is 0.00415. The fourth-order valence-electron chi connectivity index (χ4n) is 3.00. The van der Waals surface area contributed by atoms with Crippen LogP contribution in [0.4, 0.5) is 0 Å². The quantitative estimate of drug-likeness (QED) is 0.284. The second kappa shape index (κ2) is 8.33. The molecule has 0 spiro atoms. The lowest BCUT2D eigenvalue weighted by atomic mass is 10.1. The van der Waals surface area contributed by atoms with Gasteiger partial charge in [0, 0.05) is 10.2 Å². The van der Waals surface area contributed by atoms with Gasteiger partial charge in [0.2, 0.25) is 0 Å². The summed E-state index contributed by atoms with van der Waals surface area (Å²) in [6.45, 7) is 2.58. The van der Waals surface area contributed by atoms with Gasteiger partial charge in [-0.2, -0.15) is 0 Å². The third-order valence-electron chi connectivity index (χ3n) is 4.57.